The fraction of sp³-hybridized carbons (Fsp3) is 0.500. The molecule has 0 saturated carbocycles. The molecule has 112 valence electrons. The van der Waals surface area contributed by atoms with Crippen LogP contribution in [0.3, 0.4) is 0 Å². The van der Waals surface area contributed by atoms with Gasteiger partial charge in [-0.25, -0.2) is 12.8 Å². The van der Waals surface area contributed by atoms with Gasteiger partial charge in [-0.1, -0.05) is 11.6 Å². The van der Waals surface area contributed by atoms with Gasteiger partial charge in [-0.2, -0.15) is 4.31 Å². The molecule has 0 radical (unpaired) electrons. The van der Waals surface area contributed by atoms with Crippen molar-refractivity contribution in [2.24, 2.45) is 0 Å². The van der Waals surface area contributed by atoms with Crippen LogP contribution in [0.15, 0.2) is 17.0 Å². The zero-order valence-corrected chi connectivity index (χ0v) is 12.8. The van der Waals surface area contributed by atoms with E-state index in [1.165, 1.54) is 10.4 Å². The Morgan fingerprint density at radius 1 is 1.45 bits per heavy atom. The van der Waals surface area contributed by atoms with E-state index in [0.717, 1.165) is 6.07 Å². The third-order valence-electron chi connectivity index (χ3n) is 3.04. The summed E-state index contributed by atoms with van der Waals surface area (Å²) in [6.07, 6.45) is 0. The van der Waals surface area contributed by atoms with Crippen molar-refractivity contribution in [3.63, 3.8) is 0 Å². The third-order valence-corrected chi connectivity index (χ3v) is 5.10. The number of hydrogen-bond donors (Lipinski definition) is 1. The van der Waals surface area contributed by atoms with Crippen LogP contribution in [-0.2, 0) is 14.8 Å². The zero-order valence-electron chi connectivity index (χ0n) is 11.2. The number of nitrogens with two attached hydrogens (primary N) is 1. The second-order valence-electron chi connectivity index (χ2n) is 5.25. The number of benzene rings is 1. The SMILES string of the molecule is CC1(C)CN(S(=O)(=O)c2cc(Cl)cc(N)c2F)CCO1. The largest absolute Gasteiger partial charge is 0.396 e. The number of anilines is 1. The van der Waals surface area contributed by atoms with Gasteiger partial charge in [-0.15, -0.1) is 0 Å². The Morgan fingerprint density at radius 2 is 2.10 bits per heavy atom. The maximum absolute atomic E-state index is 14.0. The summed E-state index contributed by atoms with van der Waals surface area (Å²) in [7, 11) is -3.99. The van der Waals surface area contributed by atoms with Gasteiger partial charge in [0.15, 0.2) is 5.82 Å². The summed E-state index contributed by atoms with van der Waals surface area (Å²) in [5.41, 5.74) is 4.53. The number of morpholine rings is 1. The van der Waals surface area contributed by atoms with Gasteiger partial charge in [0.25, 0.3) is 0 Å². The van der Waals surface area contributed by atoms with Gasteiger partial charge in [0.2, 0.25) is 10.0 Å². The van der Waals surface area contributed by atoms with Crippen LogP contribution in [0, 0.1) is 5.82 Å². The van der Waals surface area contributed by atoms with Gasteiger partial charge in [0.1, 0.15) is 4.90 Å². The molecule has 5 nitrogen and oxygen atoms in total. The monoisotopic (exact) mass is 322 g/mol. The van der Waals surface area contributed by atoms with Crippen molar-refractivity contribution >= 4 is 27.3 Å². The van der Waals surface area contributed by atoms with Gasteiger partial charge in [-0.05, 0) is 26.0 Å². The maximum Gasteiger partial charge on any atom is 0.246 e. The van der Waals surface area contributed by atoms with Gasteiger partial charge in [0, 0.05) is 18.1 Å². The van der Waals surface area contributed by atoms with Crippen LogP contribution in [-0.4, -0.2) is 38.0 Å². The number of hydrogen-bond acceptors (Lipinski definition) is 4. The quantitative estimate of drug-likeness (QED) is 0.844. The number of ether oxygens (including phenoxy) is 1. The van der Waals surface area contributed by atoms with Crippen molar-refractivity contribution in [1.82, 2.24) is 4.31 Å². The Labute approximate surface area is 122 Å². The molecule has 1 fully saturated rings. The molecule has 1 saturated heterocycles. The highest BCUT2D eigenvalue weighted by Gasteiger charge is 2.36. The van der Waals surface area contributed by atoms with Crippen molar-refractivity contribution < 1.29 is 17.5 Å². The molecule has 0 amide bonds. The Hall–Kier alpha value is -0.890. The van der Waals surface area contributed by atoms with E-state index >= 15 is 0 Å². The van der Waals surface area contributed by atoms with Crippen LogP contribution < -0.4 is 5.73 Å². The molecule has 1 heterocycles. The number of sulfonamides is 1. The summed E-state index contributed by atoms with van der Waals surface area (Å²) >= 11 is 5.77. The molecule has 2 rings (SSSR count). The Balaban J connectivity index is 2.46. The van der Waals surface area contributed by atoms with E-state index in [9.17, 15) is 12.8 Å². The smallest absolute Gasteiger partial charge is 0.246 e. The number of halogens is 2. The Bertz CT molecular complexity index is 634. The third kappa shape index (κ3) is 2.90. The second kappa shape index (κ2) is 5.14. The predicted octanol–water partition coefficient (Wildman–Crippen LogP) is 1.86. The molecule has 0 bridgehead atoms. The number of nitrogens with zero attached hydrogens (tertiary/aromatic N) is 1. The highest BCUT2D eigenvalue weighted by Crippen LogP contribution is 2.29. The molecule has 20 heavy (non-hydrogen) atoms. The van der Waals surface area contributed by atoms with Crippen LogP contribution in [0.1, 0.15) is 13.8 Å². The first-order valence-electron chi connectivity index (χ1n) is 6.02. The first-order valence-corrected chi connectivity index (χ1v) is 7.84. The van der Waals surface area contributed by atoms with Crippen molar-refractivity contribution in [2.45, 2.75) is 24.3 Å². The van der Waals surface area contributed by atoms with Crippen LogP contribution in [0.25, 0.3) is 0 Å². The number of rotatable bonds is 2. The van der Waals surface area contributed by atoms with Crippen molar-refractivity contribution in [3.8, 4) is 0 Å². The second-order valence-corrected chi connectivity index (χ2v) is 7.60. The molecule has 0 spiro atoms. The molecule has 0 atom stereocenters. The van der Waals surface area contributed by atoms with Gasteiger partial charge in [0.05, 0.1) is 17.9 Å². The molecule has 0 aromatic heterocycles. The van der Waals surface area contributed by atoms with Gasteiger partial charge in [-0.3, -0.25) is 0 Å². The van der Waals surface area contributed by atoms with Gasteiger partial charge < -0.3 is 10.5 Å². The highest BCUT2D eigenvalue weighted by molar-refractivity contribution is 7.89. The average molecular weight is 323 g/mol. The molecule has 1 aromatic rings. The van der Waals surface area contributed by atoms with E-state index in [1.54, 1.807) is 13.8 Å². The molecule has 1 aliphatic rings. The molecule has 1 aliphatic heterocycles. The van der Waals surface area contributed by atoms with E-state index in [0.29, 0.717) is 0 Å². The first kappa shape index (κ1) is 15.5. The van der Waals surface area contributed by atoms with Crippen molar-refractivity contribution in [2.75, 3.05) is 25.4 Å². The van der Waals surface area contributed by atoms with E-state index in [1.807, 2.05) is 0 Å². The lowest BCUT2D eigenvalue weighted by atomic mass is 10.1. The minimum atomic E-state index is -3.99. The summed E-state index contributed by atoms with van der Waals surface area (Å²) in [5, 5.41) is 0.0787. The molecule has 0 unspecified atom stereocenters. The predicted molar refractivity (Wildman–Crippen MR) is 74.6 cm³/mol. The molecular formula is C12H16ClFN2O3S. The molecule has 1 aromatic carbocycles. The average Bonchev–Trinajstić information content (AvgIpc) is 2.32. The summed E-state index contributed by atoms with van der Waals surface area (Å²) < 4.78 is 45.7. The van der Waals surface area contributed by atoms with E-state index < -0.39 is 26.3 Å². The maximum atomic E-state index is 14.0. The fourth-order valence-corrected chi connectivity index (χ4v) is 4.08. The molecule has 0 aliphatic carbocycles. The van der Waals surface area contributed by atoms with Crippen LogP contribution in [0.2, 0.25) is 5.02 Å². The summed E-state index contributed by atoms with van der Waals surface area (Å²) in [4.78, 5) is -0.500. The van der Waals surface area contributed by atoms with E-state index in [-0.39, 0.29) is 30.4 Å². The zero-order chi connectivity index (χ0) is 15.1. The topological polar surface area (TPSA) is 72.6 Å². The number of nitrogen functional groups attached to an aromatic ring is 1. The minimum Gasteiger partial charge on any atom is -0.396 e. The minimum absolute atomic E-state index is 0.0787. The Morgan fingerprint density at radius 3 is 2.70 bits per heavy atom. The van der Waals surface area contributed by atoms with Crippen LogP contribution in [0.4, 0.5) is 10.1 Å². The van der Waals surface area contributed by atoms with E-state index in [2.05, 4.69) is 0 Å². The molecule has 8 heteroatoms. The van der Waals surface area contributed by atoms with E-state index in [4.69, 9.17) is 22.1 Å². The van der Waals surface area contributed by atoms with Crippen LogP contribution in [0.5, 0.6) is 0 Å². The molecular weight excluding hydrogens is 307 g/mol. The highest BCUT2D eigenvalue weighted by atomic mass is 35.5. The molecule has 2 N–H and O–H groups in total. The lowest BCUT2D eigenvalue weighted by Crippen LogP contribution is -2.50. The summed E-state index contributed by atoms with van der Waals surface area (Å²) in [6, 6.07) is 2.25. The first-order chi connectivity index (χ1) is 9.13. The summed E-state index contributed by atoms with van der Waals surface area (Å²) in [5.74, 6) is -0.973. The Kier molecular flexibility index (Phi) is 3.98. The standard InChI is InChI=1S/C12H16ClFN2O3S/c1-12(2)7-16(3-4-19-12)20(17,18)10-6-8(13)5-9(15)11(10)14/h5-6H,3-4,7,15H2,1-2H3. The van der Waals surface area contributed by atoms with Crippen molar-refractivity contribution in [3.05, 3.63) is 23.0 Å². The van der Waals surface area contributed by atoms with Crippen LogP contribution >= 0.6 is 11.6 Å². The fourth-order valence-electron chi connectivity index (χ4n) is 2.09. The summed E-state index contributed by atoms with van der Waals surface area (Å²) in [6.45, 7) is 4.11. The van der Waals surface area contributed by atoms with Crippen molar-refractivity contribution in [1.29, 1.82) is 0 Å². The lowest BCUT2D eigenvalue weighted by Gasteiger charge is -2.37. The lowest BCUT2D eigenvalue weighted by molar-refractivity contribution is -0.0640. The normalized spacial score (nSPS) is 20.0. The van der Waals surface area contributed by atoms with Gasteiger partial charge >= 0.3 is 0 Å².